The van der Waals surface area contributed by atoms with E-state index in [1.165, 1.54) is 0 Å². The average molecular weight is 262 g/mol. The smallest absolute Gasteiger partial charge is 0.352 e. The molecule has 1 aromatic rings. The number of amides is 1. The summed E-state index contributed by atoms with van der Waals surface area (Å²) in [6.07, 6.45) is 0.0786. The van der Waals surface area contributed by atoms with Crippen molar-refractivity contribution in [2.75, 3.05) is 6.61 Å². The fourth-order valence-corrected chi connectivity index (χ4v) is 2.00. The molecule has 0 spiro atoms. The zero-order valence-corrected chi connectivity index (χ0v) is 10.2. The van der Waals surface area contributed by atoms with Crippen LogP contribution in [-0.4, -0.2) is 39.4 Å². The van der Waals surface area contributed by atoms with E-state index in [9.17, 15) is 9.59 Å². The maximum atomic E-state index is 12.1. The molecule has 1 amide bonds. The van der Waals surface area contributed by atoms with Crippen molar-refractivity contribution in [3.8, 4) is 0 Å². The van der Waals surface area contributed by atoms with Crippen LogP contribution >= 0.6 is 0 Å². The van der Waals surface area contributed by atoms with E-state index in [0.717, 1.165) is 10.6 Å². The molecule has 2 rings (SSSR count). The zero-order valence-electron chi connectivity index (χ0n) is 10.2. The number of carbonyl (C=O) groups excluding carboxylic acids is 1. The molecule has 1 aromatic carbocycles. The van der Waals surface area contributed by atoms with Crippen molar-refractivity contribution in [3.05, 3.63) is 35.9 Å². The van der Waals surface area contributed by atoms with Gasteiger partial charge in [0, 0.05) is 6.61 Å². The second-order valence-corrected chi connectivity index (χ2v) is 4.24. The maximum Gasteiger partial charge on any atom is 0.352 e. The standard InChI is InChI=1S/C13H14N2O4/c16-7-6-10-11(13(18)19)14-15(12(10)17)8-9-4-2-1-3-5-9/h1-5,10,16H,6-8H2,(H,18,19). The minimum Gasteiger partial charge on any atom is -0.477 e. The Morgan fingerprint density at radius 2 is 2.00 bits per heavy atom. The van der Waals surface area contributed by atoms with Gasteiger partial charge in [-0.05, 0) is 12.0 Å². The molecule has 0 saturated carbocycles. The van der Waals surface area contributed by atoms with Crippen molar-refractivity contribution in [3.63, 3.8) is 0 Å². The SMILES string of the molecule is O=C(O)C1=NN(Cc2ccccc2)C(=O)C1CCO. The predicted octanol–water partition coefficient (Wildman–Crippen LogP) is 0.468. The molecule has 6 nitrogen and oxygen atoms in total. The first kappa shape index (κ1) is 13.2. The summed E-state index contributed by atoms with van der Waals surface area (Å²) in [6.45, 7) is -0.0136. The molecule has 100 valence electrons. The van der Waals surface area contributed by atoms with Crippen LogP contribution in [0.1, 0.15) is 12.0 Å². The lowest BCUT2D eigenvalue weighted by molar-refractivity contribution is -0.134. The number of nitrogens with zero attached hydrogens (tertiary/aromatic N) is 2. The molecule has 0 aliphatic carbocycles. The normalized spacial score (nSPS) is 18.6. The summed E-state index contributed by atoms with van der Waals surface area (Å²) in [7, 11) is 0. The van der Waals surface area contributed by atoms with E-state index in [1.54, 1.807) is 0 Å². The van der Waals surface area contributed by atoms with Crippen molar-refractivity contribution < 1.29 is 19.8 Å². The molecule has 0 bridgehead atoms. The highest BCUT2D eigenvalue weighted by atomic mass is 16.4. The third-order valence-corrected chi connectivity index (χ3v) is 2.92. The number of hydrazone groups is 1. The first-order valence-corrected chi connectivity index (χ1v) is 5.91. The molecule has 1 unspecified atom stereocenters. The minimum absolute atomic E-state index is 0.0786. The van der Waals surface area contributed by atoms with Gasteiger partial charge in [0.2, 0.25) is 0 Å². The van der Waals surface area contributed by atoms with Crippen LogP contribution in [0, 0.1) is 5.92 Å². The second kappa shape index (κ2) is 5.62. The second-order valence-electron chi connectivity index (χ2n) is 4.24. The minimum atomic E-state index is -1.22. The van der Waals surface area contributed by atoms with Crippen LogP contribution in [0.5, 0.6) is 0 Å². The van der Waals surface area contributed by atoms with Crippen LogP contribution in [0.15, 0.2) is 35.4 Å². The van der Waals surface area contributed by atoms with Crippen molar-refractivity contribution in [1.82, 2.24) is 5.01 Å². The van der Waals surface area contributed by atoms with Gasteiger partial charge in [-0.3, -0.25) is 4.79 Å². The van der Waals surface area contributed by atoms with Gasteiger partial charge in [-0.25, -0.2) is 9.80 Å². The molecule has 6 heteroatoms. The third-order valence-electron chi connectivity index (χ3n) is 2.92. The van der Waals surface area contributed by atoms with Crippen LogP contribution in [0.2, 0.25) is 0 Å². The van der Waals surface area contributed by atoms with E-state index < -0.39 is 11.9 Å². The zero-order chi connectivity index (χ0) is 13.8. The summed E-state index contributed by atoms with van der Waals surface area (Å²) in [5.74, 6) is -2.45. The number of benzene rings is 1. The Hall–Kier alpha value is -2.21. The van der Waals surface area contributed by atoms with Crippen LogP contribution in [0.25, 0.3) is 0 Å². The molecule has 0 fully saturated rings. The third kappa shape index (κ3) is 2.79. The van der Waals surface area contributed by atoms with Gasteiger partial charge in [0.05, 0.1) is 12.5 Å². The van der Waals surface area contributed by atoms with Crippen LogP contribution in [-0.2, 0) is 16.1 Å². The number of hydrogen-bond donors (Lipinski definition) is 2. The summed E-state index contributed by atoms with van der Waals surface area (Å²) < 4.78 is 0. The van der Waals surface area contributed by atoms with Crippen molar-refractivity contribution >= 4 is 17.6 Å². The van der Waals surface area contributed by atoms with Gasteiger partial charge in [0.1, 0.15) is 0 Å². The van der Waals surface area contributed by atoms with Crippen molar-refractivity contribution in [1.29, 1.82) is 0 Å². The van der Waals surface area contributed by atoms with Crippen molar-refractivity contribution in [2.45, 2.75) is 13.0 Å². The van der Waals surface area contributed by atoms with Gasteiger partial charge < -0.3 is 10.2 Å². The van der Waals surface area contributed by atoms with Gasteiger partial charge in [-0.15, -0.1) is 0 Å². The first-order valence-electron chi connectivity index (χ1n) is 5.91. The highest BCUT2D eigenvalue weighted by molar-refractivity contribution is 6.41. The topological polar surface area (TPSA) is 90.2 Å². The molecular weight excluding hydrogens is 248 g/mol. The van der Waals surface area contributed by atoms with E-state index in [1.807, 2.05) is 30.3 Å². The van der Waals surface area contributed by atoms with Gasteiger partial charge in [-0.1, -0.05) is 30.3 Å². The Morgan fingerprint density at radius 1 is 1.32 bits per heavy atom. The van der Waals surface area contributed by atoms with Gasteiger partial charge in [0.15, 0.2) is 5.71 Å². The molecule has 0 saturated heterocycles. The van der Waals surface area contributed by atoms with E-state index in [0.29, 0.717) is 0 Å². The number of hydrogen-bond acceptors (Lipinski definition) is 4. The average Bonchev–Trinajstić information content (AvgIpc) is 2.70. The summed E-state index contributed by atoms with van der Waals surface area (Å²) in [6, 6.07) is 9.20. The van der Waals surface area contributed by atoms with Crippen LogP contribution < -0.4 is 0 Å². The summed E-state index contributed by atoms with van der Waals surface area (Å²) in [4.78, 5) is 23.1. The molecular formula is C13H14N2O4. The molecule has 1 aliphatic heterocycles. The number of carboxylic acids is 1. The van der Waals surface area contributed by atoms with Gasteiger partial charge in [-0.2, -0.15) is 5.10 Å². The summed E-state index contributed by atoms with van der Waals surface area (Å²) in [5, 5.41) is 22.9. The number of aliphatic carboxylic acids is 1. The molecule has 2 N–H and O–H groups in total. The molecule has 1 aliphatic rings. The van der Waals surface area contributed by atoms with E-state index in [4.69, 9.17) is 10.2 Å². The lowest BCUT2D eigenvalue weighted by Crippen LogP contribution is -2.30. The van der Waals surface area contributed by atoms with Gasteiger partial charge >= 0.3 is 5.97 Å². The van der Waals surface area contributed by atoms with Gasteiger partial charge in [0.25, 0.3) is 5.91 Å². The first-order chi connectivity index (χ1) is 9.13. The Morgan fingerprint density at radius 3 is 2.58 bits per heavy atom. The predicted molar refractivity (Wildman–Crippen MR) is 67.3 cm³/mol. The van der Waals surface area contributed by atoms with Crippen LogP contribution in [0.4, 0.5) is 0 Å². The monoisotopic (exact) mass is 262 g/mol. The largest absolute Gasteiger partial charge is 0.477 e. The Bertz CT molecular complexity index is 513. The molecule has 1 heterocycles. The van der Waals surface area contributed by atoms with Crippen molar-refractivity contribution in [2.24, 2.45) is 11.0 Å². The summed E-state index contributed by atoms with van der Waals surface area (Å²) >= 11 is 0. The van der Waals surface area contributed by atoms with E-state index in [2.05, 4.69) is 5.10 Å². The summed E-state index contributed by atoms with van der Waals surface area (Å²) in [5.41, 5.74) is 0.670. The fourth-order valence-electron chi connectivity index (χ4n) is 2.00. The highest BCUT2D eigenvalue weighted by Crippen LogP contribution is 2.21. The van der Waals surface area contributed by atoms with E-state index in [-0.39, 0.29) is 31.2 Å². The highest BCUT2D eigenvalue weighted by Gasteiger charge is 2.38. The lowest BCUT2D eigenvalue weighted by Gasteiger charge is -2.13. The number of carboxylic acid groups (broad SMARTS) is 1. The Kier molecular flexibility index (Phi) is 3.91. The number of carbonyl (C=O) groups is 2. The lowest BCUT2D eigenvalue weighted by atomic mass is 10.00. The number of aliphatic hydroxyl groups excluding tert-OH is 1. The molecule has 19 heavy (non-hydrogen) atoms. The number of rotatable bonds is 5. The van der Waals surface area contributed by atoms with E-state index >= 15 is 0 Å². The maximum absolute atomic E-state index is 12.1. The Labute approximate surface area is 110 Å². The molecule has 1 atom stereocenters. The Balaban J connectivity index is 2.18. The van der Waals surface area contributed by atoms with Crippen LogP contribution in [0.3, 0.4) is 0 Å². The number of aliphatic hydroxyl groups is 1. The molecule has 0 radical (unpaired) electrons. The fraction of sp³-hybridized carbons (Fsp3) is 0.308. The molecule has 0 aromatic heterocycles. The quantitative estimate of drug-likeness (QED) is 0.807.